The summed E-state index contributed by atoms with van der Waals surface area (Å²) in [4.78, 5) is 16.1. The van der Waals surface area contributed by atoms with Crippen LogP contribution in [0, 0.1) is 19.7 Å². The number of nitrogens with zero attached hydrogens (tertiary/aromatic N) is 4. The maximum atomic E-state index is 12.9. The molecule has 1 aliphatic rings. The summed E-state index contributed by atoms with van der Waals surface area (Å²) in [6.45, 7) is 6.65. The molecule has 1 saturated heterocycles. The van der Waals surface area contributed by atoms with Gasteiger partial charge in [0.1, 0.15) is 5.82 Å². The largest absolute Gasteiger partial charge is 0.340 e. The molecule has 3 rings (SSSR count). The van der Waals surface area contributed by atoms with Gasteiger partial charge in [-0.15, -0.1) is 0 Å². The summed E-state index contributed by atoms with van der Waals surface area (Å²) >= 11 is 0. The average molecular weight is 330 g/mol. The lowest BCUT2D eigenvalue weighted by Crippen LogP contribution is -2.52. The molecule has 128 valence electrons. The number of hydrogen-bond acceptors (Lipinski definition) is 3. The summed E-state index contributed by atoms with van der Waals surface area (Å²) in [6.07, 6.45) is 0. The van der Waals surface area contributed by atoms with Crippen LogP contribution in [0.4, 0.5) is 4.39 Å². The van der Waals surface area contributed by atoms with Crippen molar-refractivity contribution >= 4 is 5.91 Å². The van der Waals surface area contributed by atoms with Crippen LogP contribution in [0.1, 0.15) is 23.0 Å². The standard InChI is InChI=1S/C18H23FN4O/c1-13-8-14(2)23(20-13)17-10-22(11-17)12-18(24)21(3)9-15-4-6-16(19)7-5-15/h4-8,17H,9-12H2,1-3H3. The van der Waals surface area contributed by atoms with Crippen LogP contribution in [0.15, 0.2) is 30.3 Å². The number of carbonyl (C=O) groups excluding carboxylic acids is 1. The van der Waals surface area contributed by atoms with E-state index in [0.29, 0.717) is 19.1 Å². The fraction of sp³-hybridized carbons (Fsp3) is 0.444. The number of amides is 1. The Hall–Kier alpha value is -2.21. The van der Waals surface area contributed by atoms with Gasteiger partial charge in [-0.2, -0.15) is 5.10 Å². The molecule has 1 aromatic heterocycles. The summed E-state index contributed by atoms with van der Waals surface area (Å²) in [5, 5.41) is 4.51. The Morgan fingerprint density at radius 3 is 2.54 bits per heavy atom. The van der Waals surface area contributed by atoms with Gasteiger partial charge in [0, 0.05) is 32.4 Å². The maximum Gasteiger partial charge on any atom is 0.236 e. The van der Waals surface area contributed by atoms with Crippen LogP contribution in [0.25, 0.3) is 0 Å². The third kappa shape index (κ3) is 3.64. The van der Waals surface area contributed by atoms with Crippen LogP contribution in [-0.4, -0.2) is 52.2 Å². The number of carbonyl (C=O) groups is 1. The smallest absolute Gasteiger partial charge is 0.236 e. The Bertz CT molecular complexity index is 719. The minimum atomic E-state index is -0.261. The van der Waals surface area contributed by atoms with Gasteiger partial charge in [0.15, 0.2) is 0 Å². The number of halogens is 1. The normalized spacial score (nSPS) is 15.3. The monoisotopic (exact) mass is 330 g/mol. The van der Waals surface area contributed by atoms with Gasteiger partial charge < -0.3 is 4.90 Å². The SMILES string of the molecule is Cc1cc(C)n(C2CN(CC(=O)N(C)Cc3ccc(F)cc3)C2)n1. The van der Waals surface area contributed by atoms with Crippen LogP contribution in [0.2, 0.25) is 0 Å². The van der Waals surface area contributed by atoms with Gasteiger partial charge in [-0.05, 0) is 37.6 Å². The molecule has 0 radical (unpaired) electrons. The van der Waals surface area contributed by atoms with E-state index in [1.54, 1.807) is 24.1 Å². The summed E-state index contributed by atoms with van der Waals surface area (Å²) in [5.74, 6) is -0.186. The quantitative estimate of drug-likeness (QED) is 0.843. The molecule has 0 unspecified atom stereocenters. The zero-order chi connectivity index (χ0) is 17.3. The predicted octanol–water partition coefficient (Wildman–Crippen LogP) is 2.15. The minimum absolute atomic E-state index is 0.0751. The molecule has 0 aliphatic carbocycles. The first-order valence-electron chi connectivity index (χ1n) is 8.16. The number of aryl methyl sites for hydroxylation is 2. The van der Waals surface area contributed by atoms with Crippen molar-refractivity contribution in [3.63, 3.8) is 0 Å². The highest BCUT2D eigenvalue weighted by Gasteiger charge is 2.31. The fourth-order valence-electron chi connectivity index (χ4n) is 3.11. The fourth-order valence-corrected chi connectivity index (χ4v) is 3.11. The molecule has 6 heteroatoms. The molecule has 24 heavy (non-hydrogen) atoms. The highest BCUT2D eigenvalue weighted by atomic mass is 19.1. The molecule has 1 fully saturated rings. The second-order valence-corrected chi connectivity index (χ2v) is 6.60. The van der Waals surface area contributed by atoms with Crippen molar-refractivity contribution in [3.05, 3.63) is 53.1 Å². The number of rotatable bonds is 5. The molecule has 0 spiro atoms. The van der Waals surface area contributed by atoms with Gasteiger partial charge >= 0.3 is 0 Å². The van der Waals surface area contributed by atoms with Crippen LogP contribution in [0.5, 0.6) is 0 Å². The van der Waals surface area contributed by atoms with E-state index < -0.39 is 0 Å². The second kappa shape index (κ2) is 6.73. The Balaban J connectivity index is 1.47. The lowest BCUT2D eigenvalue weighted by molar-refractivity contribution is -0.133. The molecule has 2 aromatic rings. The molecule has 2 heterocycles. The van der Waals surface area contributed by atoms with E-state index in [4.69, 9.17) is 0 Å². The van der Waals surface area contributed by atoms with Crippen molar-refractivity contribution in [1.29, 1.82) is 0 Å². The molecular weight excluding hydrogens is 307 g/mol. The van der Waals surface area contributed by atoms with E-state index in [0.717, 1.165) is 30.0 Å². The van der Waals surface area contributed by atoms with Crippen molar-refractivity contribution in [2.24, 2.45) is 0 Å². The predicted molar refractivity (Wildman–Crippen MR) is 90.1 cm³/mol. The van der Waals surface area contributed by atoms with Gasteiger partial charge in [-0.1, -0.05) is 12.1 Å². The van der Waals surface area contributed by atoms with Crippen molar-refractivity contribution in [2.45, 2.75) is 26.4 Å². The van der Waals surface area contributed by atoms with Crippen molar-refractivity contribution in [3.8, 4) is 0 Å². The van der Waals surface area contributed by atoms with Gasteiger partial charge in [-0.3, -0.25) is 14.4 Å². The first kappa shape index (κ1) is 16.6. The summed E-state index contributed by atoms with van der Waals surface area (Å²) in [7, 11) is 1.78. The van der Waals surface area contributed by atoms with Crippen LogP contribution in [-0.2, 0) is 11.3 Å². The first-order chi connectivity index (χ1) is 11.4. The Kier molecular flexibility index (Phi) is 4.66. The Labute approximate surface area is 141 Å². The van der Waals surface area contributed by atoms with Crippen LogP contribution < -0.4 is 0 Å². The van der Waals surface area contributed by atoms with Crippen LogP contribution in [0.3, 0.4) is 0 Å². The van der Waals surface area contributed by atoms with E-state index in [1.165, 1.54) is 12.1 Å². The third-order valence-corrected chi connectivity index (χ3v) is 4.45. The van der Waals surface area contributed by atoms with Gasteiger partial charge in [0.05, 0.1) is 18.3 Å². The third-order valence-electron chi connectivity index (χ3n) is 4.45. The number of likely N-dealkylation sites (tertiary alicyclic amines) is 1. The van der Waals surface area contributed by atoms with Gasteiger partial charge in [0.25, 0.3) is 0 Å². The van der Waals surface area contributed by atoms with E-state index in [-0.39, 0.29) is 11.7 Å². The number of aromatic nitrogens is 2. The lowest BCUT2D eigenvalue weighted by Gasteiger charge is -2.39. The molecule has 0 N–H and O–H groups in total. The summed E-state index contributed by atoms with van der Waals surface area (Å²) < 4.78 is 15.0. The maximum absolute atomic E-state index is 12.9. The number of benzene rings is 1. The van der Waals surface area contributed by atoms with Gasteiger partial charge in [-0.25, -0.2) is 4.39 Å². The van der Waals surface area contributed by atoms with E-state index in [9.17, 15) is 9.18 Å². The topological polar surface area (TPSA) is 41.4 Å². The average Bonchev–Trinajstić information content (AvgIpc) is 2.82. The molecule has 1 aromatic carbocycles. The van der Waals surface area contributed by atoms with Crippen molar-refractivity contribution in [1.82, 2.24) is 19.6 Å². The zero-order valence-corrected chi connectivity index (χ0v) is 14.4. The molecule has 0 bridgehead atoms. The molecule has 5 nitrogen and oxygen atoms in total. The van der Waals surface area contributed by atoms with Crippen molar-refractivity contribution < 1.29 is 9.18 Å². The first-order valence-corrected chi connectivity index (χ1v) is 8.16. The highest BCUT2D eigenvalue weighted by molar-refractivity contribution is 5.78. The van der Waals surface area contributed by atoms with E-state index >= 15 is 0 Å². The molecule has 1 aliphatic heterocycles. The van der Waals surface area contributed by atoms with E-state index in [2.05, 4.69) is 27.7 Å². The Morgan fingerprint density at radius 1 is 1.29 bits per heavy atom. The highest BCUT2D eigenvalue weighted by Crippen LogP contribution is 2.22. The number of likely N-dealkylation sites (N-methyl/N-ethyl adjacent to an activating group) is 1. The summed E-state index contributed by atoms with van der Waals surface area (Å²) in [5.41, 5.74) is 3.12. The summed E-state index contributed by atoms with van der Waals surface area (Å²) in [6, 6.07) is 8.69. The van der Waals surface area contributed by atoms with Gasteiger partial charge in [0.2, 0.25) is 5.91 Å². The molecule has 0 saturated carbocycles. The minimum Gasteiger partial charge on any atom is -0.340 e. The van der Waals surface area contributed by atoms with E-state index in [1.807, 2.05) is 6.92 Å². The second-order valence-electron chi connectivity index (χ2n) is 6.60. The molecule has 0 atom stereocenters. The molecule has 1 amide bonds. The zero-order valence-electron chi connectivity index (χ0n) is 14.4. The Morgan fingerprint density at radius 2 is 1.96 bits per heavy atom. The van der Waals surface area contributed by atoms with Crippen LogP contribution >= 0.6 is 0 Å². The molecular formula is C18H23FN4O. The van der Waals surface area contributed by atoms with Crippen molar-refractivity contribution in [2.75, 3.05) is 26.7 Å². The lowest BCUT2D eigenvalue weighted by atomic mass is 10.1. The number of hydrogen-bond donors (Lipinski definition) is 0.